The Bertz CT molecular complexity index is 927. The monoisotopic (exact) mass is 302 g/mol. The molecule has 0 unspecified atom stereocenters. The van der Waals surface area contributed by atoms with Crippen molar-refractivity contribution < 1.29 is 0 Å². The molecule has 0 radical (unpaired) electrons. The minimum atomic E-state index is -0.384. The molecule has 1 aliphatic rings. The summed E-state index contributed by atoms with van der Waals surface area (Å²) < 4.78 is 4.32. The molecule has 0 saturated carbocycles. The third-order valence-electron chi connectivity index (χ3n) is 3.75. The number of aryl methyl sites for hydroxylation is 1. The van der Waals surface area contributed by atoms with Gasteiger partial charge in [0.25, 0.3) is 5.56 Å². The fraction of sp³-hybridized carbons (Fsp3) is 0.429. The van der Waals surface area contributed by atoms with Crippen molar-refractivity contribution in [3.8, 4) is 0 Å². The van der Waals surface area contributed by atoms with Gasteiger partial charge in [0.1, 0.15) is 0 Å². The molecule has 3 heterocycles. The van der Waals surface area contributed by atoms with Gasteiger partial charge in [0, 0.05) is 14.1 Å². The first kappa shape index (κ1) is 14.3. The van der Waals surface area contributed by atoms with Gasteiger partial charge in [-0.1, -0.05) is 12.2 Å². The molecular weight excluding hydrogens is 284 g/mol. The molecule has 2 aromatic rings. The Labute approximate surface area is 126 Å². The van der Waals surface area contributed by atoms with Gasteiger partial charge in [0.05, 0.1) is 18.8 Å². The van der Waals surface area contributed by atoms with Crippen LogP contribution in [0, 0.1) is 0 Å². The lowest BCUT2D eigenvalue weighted by Gasteiger charge is -2.23. The predicted molar refractivity (Wildman–Crippen MR) is 85.5 cm³/mol. The molecule has 0 aliphatic carbocycles. The van der Waals surface area contributed by atoms with E-state index in [1.807, 2.05) is 30.6 Å². The van der Waals surface area contributed by atoms with E-state index in [2.05, 4.69) is 10.1 Å². The quantitative estimate of drug-likeness (QED) is 0.743. The number of nitrogens with zero attached hydrogens (tertiary/aromatic N) is 6. The van der Waals surface area contributed by atoms with Crippen LogP contribution in [0.25, 0.3) is 11.2 Å². The number of imidazole rings is 1. The van der Waals surface area contributed by atoms with Crippen LogP contribution in [-0.2, 0) is 20.6 Å². The van der Waals surface area contributed by atoms with Crippen LogP contribution < -0.4 is 16.3 Å². The van der Waals surface area contributed by atoms with E-state index in [-0.39, 0.29) is 11.2 Å². The minimum Gasteiger partial charge on any atom is -0.297 e. The lowest BCUT2D eigenvalue weighted by Crippen LogP contribution is -2.38. The average Bonchev–Trinajstić information content (AvgIpc) is 2.87. The highest BCUT2D eigenvalue weighted by Crippen LogP contribution is 2.23. The number of hydrazone groups is 1. The van der Waals surface area contributed by atoms with E-state index in [1.54, 1.807) is 12.1 Å². The van der Waals surface area contributed by atoms with E-state index in [9.17, 15) is 9.59 Å². The summed E-state index contributed by atoms with van der Waals surface area (Å²) in [5.41, 5.74) is 0.980. The van der Waals surface area contributed by atoms with Gasteiger partial charge in [-0.25, -0.2) is 9.80 Å². The first-order chi connectivity index (χ1) is 10.5. The van der Waals surface area contributed by atoms with Crippen LogP contribution in [0.4, 0.5) is 5.95 Å². The lowest BCUT2D eigenvalue weighted by molar-refractivity contribution is 0.702. The number of anilines is 1. The van der Waals surface area contributed by atoms with Crippen molar-refractivity contribution >= 4 is 22.8 Å². The van der Waals surface area contributed by atoms with Crippen LogP contribution in [0.15, 0.2) is 26.8 Å². The molecule has 8 heteroatoms. The summed E-state index contributed by atoms with van der Waals surface area (Å²) in [5.74, 6) is 0.581. The standard InChI is InChI=1S/C14H18N6O2/c1-5-6-7-20-13-15-11-10(19(13)8-9(2)16-20)12(21)18(4)14(22)17(11)3/h5-6H,7-8H2,1-4H3. The molecule has 0 aromatic carbocycles. The summed E-state index contributed by atoms with van der Waals surface area (Å²) in [6, 6.07) is 0. The van der Waals surface area contributed by atoms with Crippen LogP contribution in [0.2, 0.25) is 0 Å². The molecule has 0 N–H and O–H groups in total. The number of rotatable bonds is 2. The Morgan fingerprint density at radius 1 is 1.23 bits per heavy atom. The lowest BCUT2D eigenvalue weighted by atomic mass is 10.3. The molecule has 2 aromatic heterocycles. The van der Waals surface area contributed by atoms with Crippen LogP contribution in [0.3, 0.4) is 0 Å². The van der Waals surface area contributed by atoms with E-state index < -0.39 is 0 Å². The SMILES string of the molecule is CC=CCN1N=C(C)Cn2c1nc1c2c(=O)n(C)c(=O)n1C. The summed E-state index contributed by atoms with van der Waals surface area (Å²) in [6.45, 7) is 4.89. The topological polar surface area (TPSA) is 77.4 Å². The number of hydrogen-bond donors (Lipinski definition) is 0. The van der Waals surface area contributed by atoms with Gasteiger partial charge >= 0.3 is 5.69 Å². The summed E-state index contributed by atoms with van der Waals surface area (Å²) >= 11 is 0. The van der Waals surface area contributed by atoms with Crippen LogP contribution in [0.1, 0.15) is 13.8 Å². The molecule has 0 amide bonds. The van der Waals surface area contributed by atoms with Gasteiger partial charge in [-0.15, -0.1) is 0 Å². The normalized spacial score (nSPS) is 14.7. The maximum absolute atomic E-state index is 12.5. The second-order valence-corrected chi connectivity index (χ2v) is 5.36. The Kier molecular flexibility index (Phi) is 3.23. The Hall–Kier alpha value is -2.64. The second-order valence-electron chi connectivity index (χ2n) is 5.36. The molecule has 0 bridgehead atoms. The molecule has 3 rings (SSSR count). The first-order valence-electron chi connectivity index (χ1n) is 7.04. The maximum Gasteiger partial charge on any atom is 0.332 e. The molecule has 116 valence electrons. The largest absolute Gasteiger partial charge is 0.332 e. The van der Waals surface area contributed by atoms with Crippen LogP contribution in [0.5, 0.6) is 0 Å². The van der Waals surface area contributed by atoms with Gasteiger partial charge < -0.3 is 0 Å². The summed E-state index contributed by atoms with van der Waals surface area (Å²) in [4.78, 5) is 29.0. The highest BCUT2D eigenvalue weighted by atomic mass is 16.2. The predicted octanol–water partition coefficient (Wildman–Crippen LogP) is 0.206. The van der Waals surface area contributed by atoms with Crippen molar-refractivity contribution in [3.63, 3.8) is 0 Å². The van der Waals surface area contributed by atoms with Gasteiger partial charge in [0.15, 0.2) is 11.2 Å². The highest BCUT2D eigenvalue weighted by molar-refractivity contribution is 5.87. The second kappa shape index (κ2) is 4.97. The molecule has 22 heavy (non-hydrogen) atoms. The van der Waals surface area contributed by atoms with Crippen molar-refractivity contribution in [2.75, 3.05) is 11.6 Å². The summed E-state index contributed by atoms with van der Waals surface area (Å²) in [7, 11) is 3.10. The van der Waals surface area contributed by atoms with Crippen molar-refractivity contribution in [2.24, 2.45) is 19.2 Å². The smallest absolute Gasteiger partial charge is 0.297 e. The number of allylic oxidation sites excluding steroid dienone is 1. The van der Waals surface area contributed by atoms with Crippen LogP contribution >= 0.6 is 0 Å². The Balaban J connectivity index is 2.35. The maximum atomic E-state index is 12.5. The average molecular weight is 302 g/mol. The summed E-state index contributed by atoms with van der Waals surface area (Å²) in [6.07, 6.45) is 3.89. The molecule has 0 atom stereocenters. The minimum absolute atomic E-state index is 0.336. The number of hydrogen-bond acceptors (Lipinski definition) is 5. The van der Waals surface area contributed by atoms with Crippen molar-refractivity contribution in [1.82, 2.24) is 18.7 Å². The molecule has 1 aliphatic heterocycles. The van der Waals surface area contributed by atoms with Gasteiger partial charge in [-0.2, -0.15) is 10.1 Å². The Morgan fingerprint density at radius 2 is 1.95 bits per heavy atom. The van der Waals surface area contributed by atoms with Gasteiger partial charge in [0.2, 0.25) is 5.95 Å². The Morgan fingerprint density at radius 3 is 2.64 bits per heavy atom. The van der Waals surface area contributed by atoms with Crippen molar-refractivity contribution in [3.05, 3.63) is 33.0 Å². The highest BCUT2D eigenvalue weighted by Gasteiger charge is 2.25. The number of aromatic nitrogens is 4. The third kappa shape index (κ3) is 1.91. The fourth-order valence-corrected chi connectivity index (χ4v) is 2.62. The zero-order chi connectivity index (χ0) is 16.0. The van der Waals surface area contributed by atoms with E-state index in [0.29, 0.717) is 30.2 Å². The molecule has 0 spiro atoms. The van der Waals surface area contributed by atoms with Gasteiger partial charge in [-0.05, 0) is 13.8 Å². The molecule has 0 saturated heterocycles. The van der Waals surface area contributed by atoms with E-state index in [4.69, 9.17) is 0 Å². The van der Waals surface area contributed by atoms with Gasteiger partial charge in [-0.3, -0.25) is 18.5 Å². The zero-order valence-electron chi connectivity index (χ0n) is 13.1. The fourth-order valence-electron chi connectivity index (χ4n) is 2.62. The molecule has 0 fully saturated rings. The molecule has 8 nitrogen and oxygen atoms in total. The first-order valence-corrected chi connectivity index (χ1v) is 7.04. The van der Waals surface area contributed by atoms with Crippen molar-refractivity contribution in [1.29, 1.82) is 0 Å². The zero-order valence-corrected chi connectivity index (χ0v) is 13.1. The van der Waals surface area contributed by atoms with Crippen molar-refractivity contribution in [2.45, 2.75) is 20.4 Å². The third-order valence-corrected chi connectivity index (χ3v) is 3.75. The van der Waals surface area contributed by atoms with E-state index >= 15 is 0 Å². The summed E-state index contributed by atoms with van der Waals surface area (Å²) in [5, 5.41) is 6.22. The van der Waals surface area contributed by atoms with E-state index in [0.717, 1.165) is 10.3 Å². The molecular formula is C14H18N6O2. The number of fused-ring (bicyclic) bond motifs is 3. The van der Waals surface area contributed by atoms with E-state index in [1.165, 1.54) is 11.6 Å². The van der Waals surface area contributed by atoms with Crippen LogP contribution in [-0.4, -0.2) is 30.9 Å².